The van der Waals surface area contributed by atoms with E-state index in [4.69, 9.17) is 9.47 Å². The topological polar surface area (TPSA) is 30.5 Å². The maximum atomic E-state index is 5.52. The maximum Gasteiger partial charge on any atom is 0.0701 e. The fourth-order valence-corrected chi connectivity index (χ4v) is 1.73. The van der Waals surface area contributed by atoms with Crippen molar-refractivity contribution in [3.63, 3.8) is 0 Å². The molecule has 3 heteroatoms. The monoisotopic (exact) mass is 259 g/mol. The van der Waals surface area contributed by atoms with E-state index >= 15 is 0 Å². The lowest BCUT2D eigenvalue weighted by molar-refractivity contribution is 0.0469. The summed E-state index contributed by atoms with van der Waals surface area (Å²) in [6, 6.07) is 0.539. The molecule has 0 rings (SSSR count). The van der Waals surface area contributed by atoms with E-state index in [9.17, 15) is 0 Å². The van der Waals surface area contributed by atoms with Crippen LogP contribution in [-0.4, -0.2) is 39.0 Å². The van der Waals surface area contributed by atoms with Crippen molar-refractivity contribution in [2.75, 3.05) is 33.0 Å². The van der Waals surface area contributed by atoms with Gasteiger partial charge in [0.05, 0.1) is 19.8 Å². The second-order valence-corrected chi connectivity index (χ2v) is 5.10. The van der Waals surface area contributed by atoms with Crippen LogP contribution in [0.25, 0.3) is 0 Å². The van der Waals surface area contributed by atoms with Crippen molar-refractivity contribution >= 4 is 0 Å². The average Bonchev–Trinajstić information content (AvgIpc) is 2.34. The first-order valence-electron chi connectivity index (χ1n) is 7.66. The highest BCUT2D eigenvalue weighted by atomic mass is 16.5. The van der Waals surface area contributed by atoms with Crippen LogP contribution in [-0.2, 0) is 9.47 Å². The molecule has 18 heavy (non-hydrogen) atoms. The fourth-order valence-electron chi connectivity index (χ4n) is 1.73. The van der Waals surface area contributed by atoms with Crippen LogP contribution < -0.4 is 5.32 Å². The largest absolute Gasteiger partial charge is 0.379 e. The minimum Gasteiger partial charge on any atom is -0.379 e. The number of rotatable bonds is 14. The van der Waals surface area contributed by atoms with Crippen LogP contribution in [0.1, 0.15) is 59.3 Å². The van der Waals surface area contributed by atoms with Crippen LogP contribution >= 0.6 is 0 Å². The van der Waals surface area contributed by atoms with Crippen molar-refractivity contribution in [1.82, 2.24) is 5.32 Å². The highest BCUT2D eigenvalue weighted by molar-refractivity contribution is 4.50. The first-order valence-corrected chi connectivity index (χ1v) is 7.66. The van der Waals surface area contributed by atoms with E-state index in [1.54, 1.807) is 0 Å². The molecule has 0 atom stereocenters. The molecule has 0 unspecified atom stereocenters. The Hall–Kier alpha value is -0.120. The molecule has 0 spiro atoms. The molecule has 0 saturated heterocycles. The van der Waals surface area contributed by atoms with Crippen molar-refractivity contribution < 1.29 is 9.47 Å². The Kier molecular flexibility index (Phi) is 14.8. The summed E-state index contributed by atoms with van der Waals surface area (Å²) in [5, 5.41) is 3.32. The summed E-state index contributed by atoms with van der Waals surface area (Å²) in [4.78, 5) is 0. The summed E-state index contributed by atoms with van der Waals surface area (Å²) >= 11 is 0. The molecule has 0 radical (unpaired) electrons. The van der Waals surface area contributed by atoms with E-state index < -0.39 is 0 Å². The minimum absolute atomic E-state index is 0.539. The number of ether oxygens (including phenoxy) is 2. The molecule has 0 fully saturated rings. The van der Waals surface area contributed by atoms with Crippen LogP contribution in [0, 0.1) is 0 Å². The third-order valence-electron chi connectivity index (χ3n) is 2.81. The van der Waals surface area contributed by atoms with E-state index in [2.05, 4.69) is 26.1 Å². The first kappa shape index (κ1) is 17.9. The zero-order valence-electron chi connectivity index (χ0n) is 12.7. The molecule has 0 saturated carbocycles. The zero-order chi connectivity index (χ0) is 13.5. The summed E-state index contributed by atoms with van der Waals surface area (Å²) in [7, 11) is 0. The van der Waals surface area contributed by atoms with Gasteiger partial charge in [0.15, 0.2) is 0 Å². The smallest absolute Gasteiger partial charge is 0.0701 e. The summed E-state index contributed by atoms with van der Waals surface area (Å²) in [6.07, 6.45) is 7.92. The Bertz CT molecular complexity index is 151. The molecule has 0 aliphatic carbocycles. The van der Waals surface area contributed by atoms with Gasteiger partial charge in [-0.05, 0) is 6.42 Å². The fraction of sp³-hybridized carbons (Fsp3) is 1.00. The molecule has 0 aliphatic heterocycles. The van der Waals surface area contributed by atoms with Crippen LogP contribution in [0.2, 0.25) is 0 Å². The molecule has 0 amide bonds. The lowest BCUT2D eigenvalue weighted by atomic mass is 10.1. The van der Waals surface area contributed by atoms with Crippen LogP contribution in [0.4, 0.5) is 0 Å². The Labute approximate surface area is 114 Å². The lowest BCUT2D eigenvalue weighted by Crippen LogP contribution is -2.27. The summed E-state index contributed by atoms with van der Waals surface area (Å²) < 4.78 is 11.0. The van der Waals surface area contributed by atoms with Gasteiger partial charge in [-0.2, -0.15) is 0 Å². The van der Waals surface area contributed by atoms with Gasteiger partial charge in [-0.1, -0.05) is 52.9 Å². The van der Waals surface area contributed by atoms with E-state index in [1.807, 2.05) is 0 Å². The Morgan fingerprint density at radius 1 is 0.778 bits per heavy atom. The molecule has 0 aromatic heterocycles. The van der Waals surface area contributed by atoms with Gasteiger partial charge in [0, 0.05) is 19.2 Å². The van der Waals surface area contributed by atoms with E-state index in [-0.39, 0.29) is 0 Å². The van der Waals surface area contributed by atoms with Crippen LogP contribution in [0.15, 0.2) is 0 Å². The standard InChI is InChI=1S/C15H33NO2/c1-4-5-6-7-8-9-11-17-13-14-18-12-10-16-15(2)3/h15-16H,4-14H2,1-3H3. The molecule has 0 aliphatic rings. The van der Waals surface area contributed by atoms with Crippen LogP contribution in [0.5, 0.6) is 0 Å². The number of nitrogens with one attached hydrogen (secondary N) is 1. The average molecular weight is 259 g/mol. The second-order valence-electron chi connectivity index (χ2n) is 5.10. The summed E-state index contributed by atoms with van der Waals surface area (Å²) in [5.41, 5.74) is 0. The lowest BCUT2D eigenvalue weighted by Gasteiger charge is -2.08. The molecule has 3 nitrogen and oxygen atoms in total. The number of unbranched alkanes of at least 4 members (excludes halogenated alkanes) is 5. The van der Waals surface area contributed by atoms with Gasteiger partial charge in [0.25, 0.3) is 0 Å². The van der Waals surface area contributed by atoms with E-state index in [0.29, 0.717) is 6.04 Å². The summed E-state index contributed by atoms with van der Waals surface area (Å²) in [5.74, 6) is 0. The third kappa shape index (κ3) is 15.9. The van der Waals surface area contributed by atoms with E-state index in [1.165, 1.54) is 38.5 Å². The zero-order valence-corrected chi connectivity index (χ0v) is 12.7. The molecule has 1 N–H and O–H groups in total. The summed E-state index contributed by atoms with van der Waals surface area (Å²) in [6.45, 7) is 10.6. The van der Waals surface area contributed by atoms with Gasteiger partial charge >= 0.3 is 0 Å². The van der Waals surface area contributed by atoms with Crippen molar-refractivity contribution in [3.05, 3.63) is 0 Å². The van der Waals surface area contributed by atoms with Gasteiger partial charge in [-0.15, -0.1) is 0 Å². The van der Waals surface area contributed by atoms with Crippen molar-refractivity contribution in [2.24, 2.45) is 0 Å². The van der Waals surface area contributed by atoms with Gasteiger partial charge < -0.3 is 14.8 Å². The highest BCUT2D eigenvalue weighted by Crippen LogP contribution is 2.04. The number of hydrogen-bond donors (Lipinski definition) is 1. The van der Waals surface area contributed by atoms with Gasteiger partial charge in [0.1, 0.15) is 0 Å². The van der Waals surface area contributed by atoms with Crippen molar-refractivity contribution in [1.29, 1.82) is 0 Å². The van der Waals surface area contributed by atoms with Crippen LogP contribution in [0.3, 0.4) is 0 Å². The molecule has 0 aromatic carbocycles. The second kappa shape index (κ2) is 14.9. The normalized spacial score (nSPS) is 11.3. The number of hydrogen-bond acceptors (Lipinski definition) is 3. The quantitative estimate of drug-likeness (QED) is 0.485. The predicted octanol–water partition coefficient (Wildman–Crippen LogP) is 3.38. The first-order chi connectivity index (χ1) is 8.77. The SMILES string of the molecule is CCCCCCCCOCCOCCNC(C)C. The molecule has 0 aromatic rings. The van der Waals surface area contributed by atoms with Gasteiger partial charge in [-0.3, -0.25) is 0 Å². The third-order valence-corrected chi connectivity index (χ3v) is 2.81. The van der Waals surface area contributed by atoms with Gasteiger partial charge in [-0.25, -0.2) is 0 Å². The Morgan fingerprint density at radius 2 is 1.39 bits per heavy atom. The van der Waals surface area contributed by atoms with Crippen molar-refractivity contribution in [2.45, 2.75) is 65.3 Å². The molecule has 0 bridgehead atoms. The van der Waals surface area contributed by atoms with Gasteiger partial charge in [0.2, 0.25) is 0 Å². The predicted molar refractivity (Wildman–Crippen MR) is 78.2 cm³/mol. The Balaban J connectivity index is 2.90. The molecule has 0 heterocycles. The molecule has 110 valence electrons. The minimum atomic E-state index is 0.539. The molecular weight excluding hydrogens is 226 g/mol. The maximum absolute atomic E-state index is 5.52. The van der Waals surface area contributed by atoms with Crippen molar-refractivity contribution in [3.8, 4) is 0 Å². The highest BCUT2D eigenvalue weighted by Gasteiger charge is 1.93. The Morgan fingerprint density at radius 3 is 2.06 bits per heavy atom. The van der Waals surface area contributed by atoms with E-state index in [0.717, 1.165) is 33.0 Å². The molecular formula is C15H33NO2.